The number of benzene rings is 1. The van der Waals surface area contributed by atoms with E-state index in [0.717, 1.165) is 0 Å². The molecule has 1 aromatic carbocycles. The Morgan fingerprint density at radius 2 is 1.95 bits per heavy atom. The molecule has 6 heteroatoms. The summed E-state index contributed by atoms with van der Waals surface area (Å²) in [6.07, 6.45) is -0.0240. The minimum atomic E-state index is -0.345. The fourth-order valence-electron chi connectivity index (χ4n) is 1.49. The number of hydrogen-bond donors (Lipinski definition) is 3. The van der Waals surface area contributed by atoms with E-state index in [0.29, 0.717) is 23.0 Å². The summed E-state index contributed by atoms with van der Waals surface area (Å²) in [6, 6.07) is 4.49. The van der Waals surface area contributed by atoms with E-state index >= 15 is 0 Å². The molecular weight excluding hydrogens is 280 g/mol. The molecule has 3 N–H and O–H groups in total. The molecule has 20 heavy (non-hydrogen) atoms. The van der Waals surface area contributed by atoms with Crippen LogP contribution in [0.25, 0.3) is 0 Å². The molecule has 0 saturated carbocycles. The highest BCUT2D eigenvalue weighted by Gasteiger charge is 2.10. The number of phenolic OH excluding ortho intramolecular Hbond substituents is 1. The van der Waals surface area contributed by atoms with Crippen LogP contribution in [0.5, 0.6) is 5.75 Å². The van der Waals surface area contributed by atoms with Crippen molar-refractivity contribution in [2.45, 2.75) is 20.3 Å². The molecule has 0 fully saturated rings. The quantitative estimate of drug-likeness (QED) is 0.744. The monoisotopic (exact) mass is 298 g/mol. The predicted molar refractivity (Wildman–Crippen MR) is 77.7 cm³/mol. The van der Waals surface area contributed by atoms with Crippen molar-refractivity contribution in [3.05, 3.63) is 28.8 Å². The lowest BCUT2D eigenvalue weighted by molar-refractivity contribution is -0.125. The third-order valence-corrected chi connectivity index (χ3v) is 2.78. The fourth-order valence-corrected chi connectivity index (χ4v) is 1.69. The van der Waals surface area contributed by atoms with Crippen LogP contribution in [0.3, 0.4) is 0 Å². The number of amides is 2. The minimum Gasteiger partial charge on any atom is -0.508 e. The second-order valence-corrected chi connectivity index (χ2v) is 5.36. The van der Waals surface area contributed by atoms with Crippen molar-refractivity contribution >= 4 is 23.4 Å². The van der Waals surface area contributed by atoms with Crippen LogP contribution in [0.4, 0.5) is 0 Å². The zero-order valence-electron chi connectivity index (χ0n) is 11.6. The molecule has 0 aromatic heterocycles. The van der Waals surface area contributed by atoms with Crippen molar-refractivity contribution in [3.63, 3.8) is 0 Å². The molecule has 1 aromatic rings. The standard InChI is InChI=1S/C14H19ClN2O3/c1-9(2)7-16-14(20)8-17-13(19)6-10-5-11(15)3-4-12(10)18/h3-5,9,18H,6-8H2,1-2H3,(H,16,20)(H,17,19). The molecule has 110 valence electrons. The number of nitrogens with one attached hydrogen (secondary N) is 2. The maximum atomic E-state index is 11.7. The van der Waals surface area contributed by atoms with E-state index in [2.05, 4.69) is 10.6 Å². The average molecular weight is 299 g/mol. The third-order valence-electron chi connectivity index (χ3n) is 2.55. The van der Waals surface area contributed by atoms with Gasteiger partial charge in [-0.3, -0.25) is 9.59 Å². The summed E-state index contributed by atoms with van der Waals surface area (Å²) in [5, 5.41) is 15.2. The Balaban J connectivity index is 2.40. The van der Waals surface area contributed by atoms with Gasteiger partial charge in [0.05, 0.1) is 13.0 Å². The van der Waals surface area contributed by atoms with Gasteiger partial charge in [-0.15, -0.1) is 0 Å². The van der Waals surface area contributed by atoms with E-state index in [1.54, 1.807) is 0 Å². The van der Waals surface area contributed by atoms with Gasteiger partial charge in [0, 0.05) is 17.1 Å². The van der Waals surface area contributed by atoms with Crippen molar-refractivity contribution in [1.29, 1.82) is 0 Å². The summed E-state index contributed by atoms with van der Waals surface area (Å²) in [5.74, 6) is -0.212. The first-order valence-corrected chi connectivity index (χ1v) is 6.77. The molecule has 5 nitrogen and oxygen atoms in total. The lowest BCUT2D eigenvalue weighted by Gasteiger charge is -2.09. The highest BCUT2D eigenvalue weighted by atomic mass is 35.5. The number of halogens is 1. The highest BCUT2D eigenvalue weighted by molar-refractivity contribution is 6.30. The number of carbonyl (C=O) groups is 2. The van der Waals surface area contributed by atoms with Gasteiger partial charge >= 0.3 is 0 Å². The Kier molecular flexibility index (Phi) is 6.31. The maximum Gasteiger partial charge on any atom is 0.239 e. The lowest BCUT2D eigenvalue weighted by atomic mass is 10.1. The van der Waals surface area contributed by atoms with Crippen LogP contribution >= 0.6 is 11.6 Å². The molecule has 1 rings (SSSR count). The summed E-state index contributed by atoms with van der Waals surface area (Å²) >= 11 is 5.79. The van der Waals surface area contributed by atoms with Gasteiger partial charge in [0.25, 0.3) is 0 Å². The molecule has 0 aliphatic rings. The van der Waals surface area contributed by atoms with Gasteiger partial charge in [0.1, 0.15) is 5.75 Å². The number of carbonyl (C=O) groups excluding carboxylic acids is 2. The largest absolute Gasteiger partial charge is 0.508 e. The summed E-state index contributed by atoms with van der Waals surface area (Å²) in [5.41, 5.74) is 0.428. The van der Waals surface area contributed by atoms with Crippen LogP contribution in [0.15, 0.2) is 18.2 Å². The maximum absolute atomic E-state index is 11.7. The van der Waals surface area contributed by atoms with Gasteiger partial charge in [-0.05, 0) is 24.1 Å². The third kappa shape index (κ3) is 5.93. The molecule has 0 heterocycles. The molecule has 0 aliphatic carbocycles. The summed E-state index contributed by atoms with van der Waals surface area (Å²) in [4.78, 5) is 23.1. The number of aromatic hydroxyl groups is 1. The Labute approximate surface area is 123 Å². The number of phenols is 1. The van der Waals surface area contributed by atoms with E-state index in [1.807, 2.05) is 13.8 Å². The Morgan fingerprint density at radius 1 is 1.25 bits per heavy atom. The lowest BCUT2D eigenvalue weighted by Crippen LogP contribution is -2.38. The second-order valence-electron chi connectivity index (χ2n) is 4.92. The molecular formula is C14H19ClN2O3. The molecule has 0 aliphatic heterocycles. The van der Waals surface area contributed by atoms with Crippen molar-refractivity contribution in [1.82, 2.24) is 10.6 Å². The Morgan fingerprint density at radius 3 is 2.60 bits per heavy atom. The van der Waals surface area contributed by atoms with Gasteiger partial charge in [-0.1, -0.05) is 25.4 Å². The van der Waals surface area contributed by atoms with Gasteiger partial charge in [0.15, 0.2) is 0 Å². The van der Waals surface area contributed by atoms with Crippen LogP contribution in [-0.4, -0.2) is 30.0 Å². The molecule has 0 spiro atoms. The molecule has 0 bridgehead atoms. The van der Waals surface area contributed by atoms with Crippen molar-refractivity contribution < 1.29 is 14.7 Å². The highest BCUT2D eigenvalue weighted by Crippen LogP contribution is 2.21. The van der Waals surface area contributed by atoms with Crippen LogP contribution in [0.2, 0.25) is 5.02 Å². The van der Waals surface area contributed by atoms with E-state index < -0.39 is 0 Å². The summed E-state index contributed by atoms with van der Waals surface area (Å²) < 4.78 is 0. The van der Waals surface area contributed by atoms with Crippen LogP contribution in [0.1, 0.15) is 19.4 Å². The van der Waals surface area contributed by atoms with Crippen LogP contribution in [-0.2, 0) is 16.0 Å². The smallest absolute Gasteiger partial charge is 0.239 e. The normalized spacial score (nSPS) is 10.4. The van der Waals surface area contributed by atoms with Gasteiger partial charge in [0.2, 0.25) is 11.8 Å². The van der Waals surface area contributed by atoms with Crippen molar-refractivity contribution in [3.8, 4) is 5.75 Å². The van der Waals surface area contributed by atoms with Gasteiger partial charge in [-0.25, -0.2) is 0 Å². The van der Waals surface area contributed by atoms with E-state index in [-0.39, 0.29) is 30.5 Å². The van der Waals surface area contributed by atoms with Crippen LogP contribution in [0, 0.1) is 5.92 Å². The fraction of sp³-hybridized carbons (Fsp3) is 0.429. The van der Waals surface area contributed by atoms with E-state index in [9.17, 15) is 14.7 Å². The zero-order valence-corrected chi connectivity index (χ0v) is 12.3. The molecule has 0 saturated heterocycles. The molecule has 2 amide bonds. The number of rotatable bonds is 6. The molecule has 0 radical (unpaired) electrons. The van der Waals surface area contributed by atoms with E-state index in [4.69, 9.17) is 11.6 Å². The SMILES string of the molecule is CC(C)CNC(=O)CNC(=O)Cc1cc(Cl)ccc1O. The Bertz CT molecular complexity index is 489. The predicted octanol–water partition coefficient (Wildman–Crippen LogP) is 1.48. The van der Waals surface area contributed by atoms with Crippen molar-refractivity contribution in [2.24, 2.45) is 5.92 Å². The molecule has 0 atom stereocenters. The Hall–Kier alpha value is -1.75. The summed E-state index contributed by atoms with van der Waals surface area (Å²) in [6.45, 7) is 4.47. The summed E-state index contributed by atoms with van der Waals surface area (Å²) in [7, 11) is 0. The zero-order chi connectivity index (χ0) is 15.1. The van der Waals surface area contributed by atoms with Crippen LogP contribution < -0.4 is 10.6 Å². The first-order valence-electron chi connectivity index (χ1n) is 6.39. The first-order chi connectivity index (χ1) is 9.38. The second kappa shape index (κ2) is 7.75. The van der Waals surface area contributed by atoms with E-state index in [1.165, 1.54) is 18.2 Å². The molecule has 0 unspecified atom stereocenters. The van der Waals surface area contributed by atoms with Gasteiger partial charge < -0.3 is 15.7 Å². The van der Waals surface area contributed by atoms with Gasteiger partial charge in [-0.2, -0.15) is 0 Å². The average Bonchev–Trinajstić information content (AvgIpc) is 2.38. The van der Waals surface area contributed by atoms with Crippen molar-refractivity contribution in [2.75, 3.05) is 13.1 Å². The number of hydrogen-bond acceptors (Lipinski definition) is 3. The topological polar surface area (TPSA) is 78.4 Å². The first kappa shape index (κ1) is 16.3. The minimum absolute atomic E-state index is 0.00816.